The van der Waals surface area contributed by atoms with Gasteiger partial charge in [0.05, 0.1) is 6.61 Å². The lowest BCUT2D eigenvalue weighted by atomic mass is 10.1. The molecule has 0 bridgehead atoms. The molecule has 3 rings (SSSR count). The number of esters is 1. The van der Waals surface area contributed by atoms with Crippen LogP contribution in [-0.4, -0.2) is 36.0 Å². The van der Waals surface area contributed by atoms with Crippen LogP contribution >= 0.6 is 0 Å². The zero-order valence-electron chi connectivity index (χ0n) is 8.98. The van der Waals surface area contributed by atoms with Gasteiger partial charge < -0.3 is 19.3 Å². The molecule has 0 saturated carbocycles. The number of ether oxygens (including phenoxy) is 3. The fraction of sp³-hybridized carbons (Fsp3) is 0.417. The third-order valence-corrected chi connectivity index (χ3v) is 2.95. The largest absolute Gasteiger partial charge is 0.455 e. The van der Waals surface area contributed by atoms with Crippen LogP contribution in [0.4, 0.5) is 0 Å². The number of carbonyl (C=O) groups is 1. The van der Waals surface area contributed by atoms with Crippen molar-refractivity contribution >= 4 is 5.97 Å². The van der Waals surface area contributed by atoms with Crippen LogP contribution in [0.25, 0.3) is 0 Å². The zero-order chi connectivity index (χ0) is 11.8. The van der Waals surface area contributed by atoms with E-state index >= 15 is 0 Å². The molecule has 2 heterocycles. The van der Waals surface area contributed by atoms with Gasteiger partial charge in [0.1, 0.15) is 6.10 Å². The molecule has 5 nitrogen and oxygen atoms in total. The Morgan fingerprint density at radius 1 is 1.24 bits per heavy atom. The molecule has 1 aromatic rings. The summed E-state index contributed by atoms with van der Waals surface area (Å²) in [6, 6.07) is 9.39. The predicted octanol–water partition coefficient (Wildman–Crippen LogP) is 0.387. The normalized spacial score (nSPS) is 36.4. The number of hydrogen-bond donors (Lipinski definition) is 1. The summed E-state index contributed by atoms with van der Waals surface area (Å²) < 4.78 is 15.9. The average molecular weight is 236 g/mol. The minimum Gasteiger partial charge on any atom is -0.455 e. The van der Waals surface area contributed by atoms with Crippen molar-refractivity contribution in [1.82, 2.24) is 0 Å². The maximum Gasteiger partial charge on any atom is 0.338 e. The first-order valence-electron chi connectivity index (χ1n) is 5.46. The summed E-state index contributed by atoms with van der Waals surface area (Å²) in [4.78, 5) is 11.2. The minimum absolute atomic E-state index is 0.243. The summed E-state index contributed by atoms with van der Waals surface area (Å²) in [5, 5.41) is 9.60. The second kappa shape index (κ2) is 4.10. The highest BCUT2D eigenvalue weighted by Crippen LogP contribution is 2.32. The molecule has 4 atom stereocenters. The Morgan fingerprint density at radius 2 is 2.00 bits per heavy atom. The van der Waals surface area contributed by atoms with E-state index in [1.54, 1.807) is 0 Å². The van der Waals surface area contributed by atoms with Gasteiger partial charge in [0.2, 0.25) is 0 Å². The summed E-state index contributed by atoms with van der Waals surface area (Å²) >= 11 is 0. The molecule has 0 spiro atoms. The number of hydrogen-bond acceptors (Lipinski definition) is 5. The van der Waals surface area contributed by atoms with Gasteiger partial charge in [-0.2, -0.15) is 0 Å². The maximum absolute atomic E-state index is 11.2. The van der Waals surface area contributed by atoms with Crippen molar-refractivity contribution in [2.75, 3.05) is 6.61 Å². The van der Waals surface area contributed by atoms with Crippen LogP contribution in [0.1, 0.15) is 11.9 Å². The Kier molecular flexibility index (Phi) is 2.58. The Hall–Kier alpha value is -1.43. The highest BCUT2D eigenvalue weighted by Gasteiger charge is 2.48. The lowest BCUT2D eigenvalue weighted by Gasteiger charge is -2.31. The molecule has 90 valence electrons. The number of rotatable bonds is 1. The highest BCUT2D eigenvalue weighted by molar-refractivity contribution is 5.77. The standard InChI is InChI=1S/C12H12O5/c13-9-10-8(16-11(9)14)6-15-12(17-10)7-4-2-1-3-5-7/h1-5,8-10,12-13H,6H2/t8-,9+,10+,12+/m0/s1. The summed E-state index contributed by atoms with van der Waals surface area (Å²) in [6.07, 6.45) is -2.91. The molecule has 1 aromatic carbocycles. The highest BCUT2D eigenvalue weighted by atomic mass is 16.7. The number of benzene rings is 1. The summed E-state index contributed by atoms with van der Waals surface area (Å²) in [6.45, 7) is 0.243. The summed E-state index contributed by atoms with van der Waals surface area (Å²) in [5.74, 6) is -0.641. The first kappa shape index (κ1) is 10.7. The molecular formula is C12H12O5. The van der Waals surface area contributed by atoms with Crippen molar-refractivity contribution in [1.29, 1.82) is 0 Å². The number of aliphatic hydroxyl groups excluding tert-OH is 1. The number of aliphatic hydroxyl groups is 1. The van der Waals surface area contributed by atoms with E-state index in [-0.39, 0.29) is 6.61 Å². The molecule has 0 radical (unpaired) electrons. The van der Waals surface area contributed by atoms with E-state index in [4.69, 9.17) is 14.2 Å². The molecule has 2 saturated heterocycles. The van der Waals surface area contributed by atoms with Crippen LogP contribution < -0.4 is 0 Å². The van der Waals surface area contributed by atoms with Gasteiger partial charge >= 0.3 is 5.97 Å². The van der Waals surface area contributed by atoms with Crippen molar-refractivity contribution in [3.8, 4) is 0 Å². The number of carbonyl (C=O) groups excluding carboxylic acids is 1. The fourth-order valence-electron chi connectivity index (χ4n) is 2.06. The van der Waals surface area contributed by atoms with Crippen molar-refractivity contribution in [3.63, 3.8) is 0 Å². The predicted molar refractivity (Wildman–Crippen MR) is 55.9 cm³/mol. The molecule has 1 N–H and O–H groups in total. The second-order valence-electron chi connectivity index (χ2n) is 4.10. The summed E-state index contributed by atoms with van der Waals surface area (Å²) in [7, 11) is 0. The molecule has 5 heteroatoms. The Balaban J connectivity index is 1.78. The van der Waals surface area contributed by atoms with E-state index in [0.717, 1.165) is 5.56 Å². The first-order chi connectivity index (χ1) is 8.25. The van der Waals surface area contributed by atoms with Crippen LogP contribution in [0.5, 0.6) is 0 Å². The van der Waals surface area contributed by atoms with Gasteiger partial charge in [-0.1, -0.05) is 30.3 Å². The molecule has 17 heavy (non-hydrogen) atoms. The van der Waals surface area contributed by atoms with Crippen molar-refractivity contribution in [3.05, 3.63) is 35.9 Å². The van der Waals surface area contributed by atoms with Crippen LogP contribution in [0, 0.1) is 0 Å². The van der Waals surface area contributed by atoms with Gasteiger partial charge in [0.25, 0.3) is 0 Å². The van der Waals surface area contributed by atoms with Crippen LogP contribution in [0.15, 0.2) is 30.3 Å². The van der Waals surface area contributed by atoms with Crippen molar-refractivity contribution < 1.29 is 24.1 Å². The van der Waals surface area contributed by atoms with Gasteiger partial charge in [-0.3, -0.25) is 0 Å². The van der Waals surface area contributed by atoms with Crippen LogP contribution in [0.2, 0.25) is 0 Å². The molecular weight excluding hydrogens is 224 g/mol. The first-order valence-corrected chi connectivity index (χ1v) is 5.46. The third-order valence-electron chi connectivity index (χ3n) is 2.95. The van der Waals surface area contributed by atoms with Gasteiger partial charge in [-0.05, 0) is 0 Å². The van der Waals surface area contributed by atoms with E-state index < -0.39 is 30.6 Å². The third kappa shape index (κ3) is 1.82. The molecule has 0 aliphatic carbocycles. The Morgan fingerprint density at radius 3 is 2.76 bits per heavy atom. The number of fused-ring (bicyclic) bond motifs is 1. The smallest absolute Gasteiger partial charge is 0.338 e. The van der Waals surface area contributed by atoms with E-state index in [2.05, 4.69) is 0 Å². The van der Waals surface area contributed by atoms with E-state index in [1.807, 2.05) is 30.3 Å². The summed E-state index contributed by atoms with van der Waals surface area (Å²) in [5.41, 5.74) is 0.859. The minimum atomic E-state index is -1.21. The Bertz CT molecular complexity index is 418. The van der Waals surface area contributed by atoms with Crippen molar-refractivity contribution in [2.24, 2.45) is 0 Å². The van der Waals surface area contributed by atoms with Crippen LogP contribution in [0.3, 0.4) is 0 Å². The fourth-order valence-corrected chi connectivity index (χ4v) is 2.06. The molecule has 0 amide bonds. The van der Waals surface area contributed by atoms with Gasteiger partial charge in [0.15, 0.2) is 18.5 Å². The average Bonchev–Trinajstić information content (AvgIpc) is 2.66. The SMILES string of the molecule is O=C1O[C@H]2CO[C@@H](c3ccccc3)O[C@H]2[C@H]1O. The lowest BCUT2D eigenvalue weighted by molar-refractivity contribution is -0.251. The van der Waals surface area contributed by atoms with E-state index in [0.29, 0.717) is 0 Å². The van der Waals surface area contributed by atoms with E-state index in [9.17, 15) is 9.90 Å². The van der Waals surface area contributed by atoms with Gasteiger partial charge in [0, 0.05) is 5.56 Å². The zero-order valence-corrected chi connectivity index (χ0v) is 8.98. The molecule has 0 unspecified atom stereocenters. The monoisotopic (exact) mass is 236 g/mol. The van der Waals surface area contributed by atoms with Gasteiger partial charge in [-0.15, -0.1) is 0 Å². The van der Waals surface area contributed by atoms with Gasteiger partial charge in [-0.25, -0.2) is 4.79 Å². The van der Waals surface area contributed by atoms with Crippen LogP contribution in [-0.2, 0) is 19.0 Å². The molecule has 2 fully saturated rings. The maximum atomic E-state index is 11.2. The second-order valence-corrected chi connectivity index (χ2v) is 4.10. The molecule has 2 aliphatic rings. The molecule has 2 aliphatic heterocycles. The Labute approximate surface area is 97.9 Å². The topological polar surface area (TPSA) is 65.0 Å². The molecule has 0 aromatic heterocycles. The van der Waals surface area contributed by atoms with Crippen molar-refractivity contribution in [2.45, 2.75) is 24.6 Å². The lowest BCUT2D eigenvalue weighted by Crippen LogP contribution is -2.42. The quantitative estimate of drug-likeness (QED) is 0.714. The van der Waals surface area contributed by atoms with E-state index in [1.165, 1.54) is 0 Å².